The molecule has 2 fully saturated rings. The Labute approximate surface area is 144 Å². The number of aliphatic hydroxyl groups excluding tert-OH is 4. The van der Waals surface area contributed by atoms with E-state index >= 15 is 0 Å². The maximum absolute atomic E-state index is 10.2. The van der Waals surface area contributed by atoms with Gasteiger partial charge in [-0.15, -0.1) is 0 Å². The predicted molar refractivity (Wildman–Crippen MR) is 90.8 cm³/mol. The molecule has 1 aliphatic heterocycles. The summed E-state index contributed by atoms with van der Waals surface area (Å²) < 4.78 is 0. The molecule has 0 aromatic rings. The molecular weight excluding hydrogens is 312 g/mol. The van der Waals surface area contributed by atoms with E-state index < -0.39 is 24.9 Å². The van der Waals surface area contributed by atoms with Crippen LogP contribution in [-0.2, 0) is 0 Å². The lowest BCUT2D eigenvalue weighted by atomic mass is 9.76. The molecule has 1 heterocycles. The largest absolute Gasteiger partial charge is 0.379 e. The van der Waals surface area contributed by atoms with E-state index in [1.54, 1.807) is 0 Å². The highest BCUT2D eigenvalue weighted by Gasteiger charge is 2.33. The SMILES string of the molecule is CC12CCCC(CNC(O)CNC(O)CNC(O)CCC(O)N1)C2. The highest BCUT2D eigenvalue weighted by Crippen LogP contribution is 2.32. The van der Waals surface area contributed by atoms with Gasteiger partial charge < -0.3 is 20.4 Å². The summed E-state index contributed by atoms with van der Waals surface area (Å²) in [6.07, 6.45) is 1.92. The fraction of sp³-hybridized carbons (Fsp3) is 1.00. The normalized spacial score (nSPS) is 44.1. The van der Waals surface area contributed by atoms with Crippen LogP contribution in [0, 0.1) is 5.92 Å². The van der Waals surface area contributed by atoms with Gasteiger partial charge in [-0.25, -0.2) is 0 Å². The van der Waals surface area contributed by atoms with Crippen molar-refractivity contribution in [2.24, 2.45) is 5.92 Å². The van der Waals surface area contributed by atoms with E-state index in [4.69, 9.17) is 0 Å². The number of fused-ring (bicyclic) bond motifs is 2. The first-order valence-corrected chi connectivity index (χ1v) is 9.06. The van der Waals surface area contributed by atoms with Gasteiger partial charge in [-0.05, 0) is 44.9 Å². The van der Waals surface area contributed by atoms with Gasteiger partial charge in [0.05, 0.1) is 0 Å². The quantitative estimate of drug-likeness (QED) is 0.262. The number of rotatable bonds is 0. The van der Waals surface area contributed by atoms with Crippen LogP contribution in [0.3, 0.4) is 0 Å². The second-order valence-electron chi connectivity index (χ2n) is 7.53. The van der Waals surface area contributed by atoms with E-state index in [0.717, 1.165) is 25.7 Å². The van der Waals surface area contributed by atoms with Gasteiger partial charge in [0, 0.05) is 25.2 Å². The second-order valence-corrected chi connectivity index (χ2v) is 7.53. The molecule has 24 heavy (non-hydrogen) atoms. The van der Waals surface area contributed by atoms with Gasteiger partial charge in [0.25, 0.3) is 0 Å². The van der Waals surface area contributed by atoms with Crippen molar-refractivity contribution in [3.05, 3.63) is 0 Å². The maximum Gasteiger partial charge on any atom is 0.117 e. The van der Waals surface area contributed by atoms with Crippen LogP contribution in [0.1, 0.15) is 45.4 Å². The minimum absolute atomic E-state index is 0.126. The summed E-state index contributed by atoms with van der Waals surface area (Å²) in [4.78, 5) is 0. The molecule has 0 spiro atoms. The Morgan fingerprint density at radius 1 is 0.750 bits per heavy atom. The number of hydrogen-bond donors (Lipinski definition) is 8. The molecule has 1 aliphatic carbocycles. The van der Waals surface area contributed by atoms with Crippen molar-refractivity contribution >= 4 is 0 Å². The molecule has 1 saturated heterocycles. The number of hydrogen-bond acceptors (Lipinski definition) is 8. The molecule has 6 unspecified atom stereocenters. The van der Waals surface area contributed by atoms with Crippen molar-refractivity contribution < 1.29 is 20.4 Å². The molecule has 2 bridgehead atoms. The van der Waals surface area contributed by atoms with E-state index in [1.807, 2.05) is 0 Å². The van der Waals surface area contributed by atoms with Crippen molar-refractivity contribution in [3.63, 3.8) is 0 Å². The molecule has 0 radical (unpaired) electrons. The highest BCUT2D eigenvalue weighted by molar-refractivity contribution is 4.91. The topological polar surface area (TPSA) is 129 Å². The van der Waals surface area contributed by atoms with Gasteiger partial charge in [0.15, 0.2) is 0 Å². The average Bonchev–Trinajstić information content (AvgIpc) is 2.53. The van der Waals surface area contributed by atoms with Gasteiger partial charge in [-0.3, -0.25) is 21.3 Å². The summed E-state index contributed by atoms with van der Waals surface area (Å²) in [7, 11) is 0. The minimum atomic E-state index is -0.856. The van der Waals surface area contributed by atoms with Crippen molar-refractivity contribution in [1.82, 2.24) is 21.3 Å². The van der Waals surface area contributed by atoms with Gasteiger partial charge in [0.2, 0.25) is 0 Å². The van der Waals surface area contributed by atoms with Crippen LogP contribution < -0.4 is 21.3 Å². The molecule has 2 aliphatic rings. The minimum Gasteiger partial charge on any atom is -0.379 e. The highest BCUT2D eigenvalue weighted by atomic mass is 16.3. The Morgan fingerprint density at radius 3 is 2.04 bits per heavy atom. The molecular formula is C16H34N4O4. The fourth-order valence-electron chi connectivity index (χ4n) is 3.76. The molecule has 0 amide bonds. The number of β-amino-alcohol motifs (C(OH)–C–C–N with tert-alkyl or cyclic N) is 2. The molecule has 8 nitrogen and oxygen atoms in total. The standard InChI is InChI=1S/C16H34N4O4/c1-16-6-2-3-11(7-16)8-17-14(23)10-19-15(24)9-18-12(21)4-5-13(22)20-16/h11-15,17-24H,2-10H2,1H3. The van der Waals surface area contributed by atoms with E-state index in [2.05, 4.69) is 28.2 Å². The van der Waals surface area contributed by atoms with E-state index in [9.17, 15) is 20.4 Å². The molecule has 0 aromatic carbocycles. The van der Waals surface area contributed by atoms with Crippen LogP contribution in [0.5, 0.6) is 0 Å². The molecule has 142 valence electrons. The number of nitrogens with one attached hydrogen (secondary N) is 4. The summed E-state index contributed by atoms with van der Waals surface area (Å²) in [5, 5.41) is 51.9. The summed E-state index contributed by atoms with van der Waals surface area (Å²) >= 11 is 0. The lowest BCUT2D eigenvalue weighted by Gasteiger charge is -2.41. The zero-order valence-corrected chi connectivity index (χ0v) is 14.5. The third kappa shape index (κ3) is 6.89. The van der Waals surface area contributed by atoms with Crippen LogP contribution in [-0.4, -0.2) is 70.5 Å². The van der Waals surface area contributed by atoms with E-state index in [-0.39, 0.29) is 18.6 Å². The lowest BCUT2D eigenvalue weighted by Crippen LogP contribution is -2.53. The van der Waals surface area contributed by atoms with Crippen LogP contribution >= 0.6 is 0 Å². The Bertz CT molecular complexity index is 372. The van der Waals surface area contributed by atoms with Crippen molar-refractivity contribution in [3.8, 4) is 0 Å². The third-order valence-corrected chi connectivity index (χ3v) is 5.04. The smallest absolute Gasteiger partial charge is 0.117 e. The van der Waals surface area contributed by atoms with Crippen molar-refractivity contribution in [1.29, 1.82) is 0 Å². The Morgan fingerprint density at radius 2 is 1.33 bits per heavy atom. The zero-order valence-electron chi connectivity index (χ0n) is 14.5. The van der Waals surface area contributed by atoms with Crippen LogP contribution in [0.2, 0.25) is 0 Å². The van der Waals surface area contributed by atoms with E-state index in [0.29, 0.717) is 25.3 Å². The molecule has 2 rings (SSSR count). The first kappa shape index (κ1) is 20.0. The van der Waals surface area contributed by atoms with Gasteiger partial charge in [-0.2, -0.15) is 0 Å². The fourth-order valence-corrected chi connectivity index (χ4v) is 3.76. The molecule has 6 atom stereocenters. The summed E-state index contributed by atoms with van der Waals surface area (Å²) in [5.74, 6) is 0.434. The summed E-state index contributed by atoms with van der Waals surface area (Å²) in [6, 6.07) is 0. The van der Waals surface area contributed by atoms with Crippen molar-refractivity contribution in [2.45, 2.75) is 75.9 Å². The van der Waals surface area contributed by atoms with Gasteiger partial charge in [-0.1, -0.05) is 6.42 Å². The van der Waals surface area contributed by atoms with Crippen molar-refractivity contribution in [2.75, 3.05) is 19.6 Å². The Kier molecular flexibility index (Phi) is 7.83. The van der Waals surface area contributed by atoms with E-state index in [1.165, 1.54) is 0 Å². The number of aliphatic hydroxyl groups is 4. The average molecular weight is 346 g/mol. The molecule has 0 aromatic heterocycles. The first-order valence-electron chi connectivity index (χ1n) is 9.06. The first-order chi connectivity index (χ1) is 11.4. The Balaban J connectivity index is 1.96. The maximum atomic E-state index is 10.2. The summed E-state index contributed by atoms with van der Waals surface area (Å²) in [6.45, 7) is 3.25. The third-order valence-electron chi connectivity index (χ3n) is 5.04. The molecule has 1 saturated carbocycles. The monoisotopic (exact) mass is 346 g/mol. The molecule has 8 heteroatoms. The zero-order chi connectivity index (χ0) is 17.6. The predicted octanol–water partition coefficient (Wildman–Crippen LogP) is -1.64. The van der Waals surface area contributed by atoms with Crippen LogP contribution in [0.25, 0.3) is 0 Å². The van der Waals surface area contributed by atoms with Gasteiger partial charge in [0.1, 0.15) is 24.9 Å². The molecule has 8 N–H and O–H groups in total. The summed E-state index contributed by atoms with van der Waals surface area (Å²) in [5.41, 5.74) is -0.126. The Hall–Kier alpha value is -0.320. The van der Waals surface area contributed by atoms with Gasteiger partial charge >= 0.3 is 0 Å². The van der Waals surface area contributed by atoms with Crippen LogP contribution in [0.4, 0.5) is 0 Å². The lowest BCUT2D eigenvalue weighted by molar-refractivity contribution is 0.0283. The second kappa shape index (κ2) is 9.40. The van der Waals surface area contributed by atoms with Crippen LogP contribution in [0.15, 0.2) is 0 Å².